The number of nitrogens with zero attached hydrogens (tertiary/aromatic N) is 2. The summed E-state index contributed by atoms with van der Waals surface area (Å²) in [7, 11) is 0. The molecule has 2 aromatic rings. The van der Waals surface area contributed by atoms with E-state index in [4.69, 9.17) is 5.11 Å². The topological polar surface area (TPSA) is 60.9 Å². The zero-order valence-electron chi connectivity index (χ0n) is 14.3. The van der Waals surface area contributed by atoms with Gasteiger partial charge >= 0.3 is 5.97 Å². The number of carboxylic acid groups (broad SMARTS) is 1. The molecule has 0 saturated carbocycles. The Labute approximate surface area is 155 Å². The van der Waals surface area contributed by atoms with E-state index in [1.165, 1.54) is 17.4 Å². The Morgan fingerprint density at radius 1 is 1.08 bits per heavy atom. The van der Waals surface area contributed by atoms with E-state index in [2.05, 4.69) is 0 Å². The number of piperazine rings is 1. The van der Waals surface area contributed by atoms with Crippen molar-refractivity contribution < 1.29 is 19.1 Å². The molecule has 1 unspecified atom stereocenters. The van der Waals surface area contributed by atoms with Crippen LogP contribution in [0.15, 0.2) is 41.8 Å². The van der Waals surface area contributed by atoms with E-state index in [1.54, 1.807) is 23.1 Å². The lowest BCUT2D eigenvalue weighted by atomic mass is 9.98. The molecule has 1 aromatic carbocycles. The molecular weight excluding hydrogens is 355 g/mol. The lowest BCUT2D eigenvalue weighted by Gasteiger charge is -2.36. The predicted molar refractivity (Wildman–Crippen MR) is 99.1 cm³/mol. The van der Waals surface area contributed by atoms with Gasteiger partial charge in [-0.1, -0.05) is 18.2 Å². The first kappa shape index (κ1) is 18.4. The van der Waals surface area contributed by atoms with Gasteiger partial charge in [0.05, 0.1) is 12.1 Å². The Hall–Kier alpha value is -2.41. The Kier molecular flexibility index (Phi) is 5.88. The van der Waals surface area contributed by atoms with E-state index in [9.17, 15) is 14.0 Å². The Morgan fingerprint density at radius 3 is 2.42 bits per heavy atom. The number of thiophene rings is 1. The maximum atomic E-state index is 13.9. The number of hydrogen-bond acceptors (Lipinski definition) is 4. The summed E-state index contributed by atoms with van der Waals surface area (Å²) in [4.78, 5) is 28.4. The quantitative estimate of drug-likeness (QED) is 0.841. The fourth-order valence-corrected chi connectivity index (χ4v) is 4.08. The van der Waals surface area contributed by atoms with Crippen LogP contribution in [-0.2, 0) is 9.59 Å². The summed E-state index contributed by atoms with van der Waals surface area (Å²) in [5, 5.41) is 11.0. The smallest absolute Gasteiger partial charge is 0.304 e. The highest BCUT2D eigenvalue weighted by Gasteiger charge is 2.26. The molecule has 26 heavy (non-hydrogen) atoms. The standard InChI is InChI=1S/C19H21FN2O3S/c20-15-4-1-2-5-16(15)21-7-9-22(10-8-21)18(23)12-14(13-19(24)25)17-6-3-11-26-17/h1-6,11,14H,7-10,12-13H2,(H,24,25). The fraction of sp³-hybridized carbons (Fsp3) is 0.368. The molecule has 1 saturated heterocycles. The first-order valence-electron chi connectivity index (χ1n) is 8.57. The monoisotopic (exact) mass is 376 g/mol. The SMILES string of the molecule is O=C(O)CC(CC(=O)N1CCN(c2ccccc2F)CC1)c1cccs1. The third-order valence-corrected chi connectivity index (χ3v) is 5.65. The molecular formula is C19H21FN2O3S. The summed E-state index contributed by atoms with van der Waals surface area (Å²) in [6.45, 7) is 2.15. The lowest BCUT2D eigenvalue weighted by molar-refractivity contribution is -0.138. The van der Waals surface area contributed by atoms with Crippen molar-refractivity contribution >= 4 is 28.9 Å². The second-order valence-electron chi connectivity index (χ2n) is 6.33. The normalized spacial score (nSPS) is 15.7. The van der Waals surface area contributed by atoms with Crippen LogP contribution in [-0.4, -0.2) is 48.1 Å². The van der Waals surface area contributed by atoms with Gasteiger partial charge in [-0.15, -0.1) is 11.3 Å². The molecule has 1 N–H and O–H groups in total. The van der Waals surface area contributed by atoms with Crippen molar-refractivity contribution in [3.8, 4) is 0 Å². The van der Waals surface area contributed by atoms with Gasteiger partial charge < -0.3 is 14.9 Å². The maximum absolute atomic E-state index is 13.9. The van der Waals surface area contributed by atoms with Crippen LogP contribution in [0.1, 0.15) is 23.6 Å². The number of rotatable bonds is 6. The maximum Gasteiger partial charge on any atom is 0.304 e. The van der Waals surface area contributed by atoms with Crippen LogP contribution in [0.2, 0.25) is 0 Å². The van der Waals surface area contributed by atoms with Crippen molar-refractivity contribution in [2.24, 2.45) is 0 Å². The van der Waals surface area contributed by atoms with Gasteiger partial charge in [-0.2, -0.15) is 0 Å². The number of carbonyl (C=O) groups excluding carboxylic acids is 1. The first-order valence-corrected chi connectivity index (χ1v) is 9.45. The van der Waals surface area contributed by atoms with Crippen molar-refractivity contribution in [3.05, 3.63) is 52.5 Å². The minimum atomic E-state index is -0.902. The third kappa shape index (κ3) is 4.40. The van der Waals surface area contributed by atoms with Gasteiger partial charge in [0.15, 0.2) is 0 Å². The molecule has 5 nitrogen and oxygen atoms in total. The zero-order chi connectivity index (χ0) is 18.5. The predicted octanol–water partition coefficient (Wildman–Crippen LogP) is 3.18. The molecule has 1 aromatic heterocycles. The van der Waals surface area contributed by atoms with Gasteiger partial charge in [-0.05, 0) is 23.6 Å². The number of benzene rings is 1. The first-order chi connectivity index (χ1) is 12.5. The van der Waals surface area contributed by atoms with Crippen LogP contribution >= 0.6 is 11.3 Å². The molecule has 0 spiro atoms. The highest BCUT2D eigenvalue weighted by atomic mass is 32.1. The molecule has 0 bridgehead atoms. The average Bonchev–Trinajstić information content (AvgIpc) is 3.16. The number of amides is 1. The van der Waals surface area contributed by atoms with E-state index >= 15 is 0 Å². The molecule has 1 atom stereocenters. The van der Waals surface area contributed by atoms with Gasteiger partial charge in [0.25, 0.3) is 0 Å². The molecule has 2 heterocycles. The molecule has 1 amide bonds. The van der Waals surface area contributed by atoms with E-state index in [0.29, 0.717) is 31.9 Å². The number of aliphatic carboxylic acids is 1. The largest absolute Gasteiger partial charge is 0.481 e. The van der Waals surface area contributed by atoms with Gasteiger partial charge in [-0.3, -0.25) is 9.59 Å². The fourth-order valence-electron chi connectivity index (χ4n) is 3.25. The highest BCUT2D eigenvalue weighted by Crippen LogP contribution is 2.29. The summed E-state index contributed by atoms with van der Waals surface area (Å²) >= 11 is 1.48. The summed E-state index contributed by atoms with van der Waals surface area (Å²) in [6.07, 6.45) is 0.133. The van der Waals surface area contributed by atoms with Crippen LogP contribution in [0, 0.1) is 5.82 Å². The van der Waals surface area contributed by atoms with Gasteiger partial charge in [0, 0.05) is 43.4 Å². The molecule has 0 aliphatic carbocycles. The van der Waals surface area contributed by atoms with E-state index in [1.807, 2.05) is 22.4 Å². The van der Waals surface area contributed by atoms with Crippen LogP contribution in [0.25, 0.3) is 0 Å². The van der Waals surface area contributed by atoms with Gasteiger partial charge in [0.1, 0.15) is 5.82 Å². The van der Waals surface area contributed by atoms with Crippen molar-refractivity contribution in [2.45, 2.75) is 18.8 Å². The minimum absolute atomic E-state index is 0.0437. The van der Waals surface area contributed by atoms with Crippen molar-refractivity contribution in [1.82, 2.24) is 4.90 Å². The van der Waals surface area contributed by atoms with Crippen LogP contribution < -0.4 is 4.90 Å². The molecule has 0 radical (unpaired) electrons. The van der Waals surface area contributed by atoms with Crippen molar-refractivity contribution in [1.29, 1.82) is 0 Å². The third-order valence-electron chi connectivity index (χ3n) is 4.61. The Balaban J connectivity index is 1.59. The number of anilines is 1. The number of hydrogen-bond donors (Lipinski definition) is 1. The van der Waals surface area contributed by atoms with Crippen LogP contribution in [0.4, 0.5) is 10.1 Å². The number of carboxylic acids is 1. The van der Waals surface area contributed by atoms with Gasteiger partial charge in [-0.25, -0.2) is 4.39 Å². The second-order valence-corrected chi connectivity index (χ2v) is 7.31. The molecule has 1 aliphatic rings. The van der Waals surface area contributed by atoms with E-state index in [0.717, 1.165) is 4.88 Å². The molecule has 3 rings (SSSR count). The lowest BCUT2D eigenvalue weighted by Crippen LogP contribution is -2.49. The minimum Gasteiger partial charge on any atom is -0.481 e. The zero-order valence-corrected chi connectivity index (χ0v) is 15.1. The second kappa shape index (κ2) is 8.31. The molecule has 1 aliphatic heterocycles. The Bertz CT molecular complexity index is 758. The number of carbonyl (C=O) groups is 2. The summed E-state index contributed by atoms with van der Waals surface area (Å²) in [5.41, 5.74) is 0.557. The highest BCUT2D eigenvalue weighted by molar-refractivity contribution is 7.10. The van der Waals surface area contributed by atoms with E-state index < -0.39 is 5.97 Å². The number of para-hydroxylation sites is 1. The van der Waals surface area contributed by atoms with Crippen molar-refractivity contribution in [3.63, 3.8) is 0 Å². The molecule has 1 fully saturated rings. The van der Waals surface area contributed by atoms with E-state index in [-0.39, 0.29) is 30.5 Å². The Morgan fingerprint density at radius 2 is 1.81 bits per heavy atom. The van der Waals surface area contributed by atoms with Crippen molar-refractivity contribution in [2.75, 3.05) is 31.1 Å². The van der Waals surface area contributed by atoms with Crippen LogP contribution in [0.3, 0.4) is 0 Å². The number of halogens is 1. The summed E-state index contributed by atoms with van der Waals surface area (Å²) < 4.78 is 13.9. The van der Waals surface area contributed by atoms with Gasteiger partial charge in [0.2, 0.25) is 5.91 Å². The molecule has 7 heteroatoms. The molecule has 138 valence electrons. The summed E-state index contributed by atoms with van der Waals surface area (Å²) in [6, 6.07) is 10.4. The summed E-state index contributed by atoms with van der Waals surface area (Å²) in [5.74, 6) is -1.51. The van der Waals surface area contributed by atoms with Crippen LogP contribution in [0.5, 0.6) is 0 Å². The average molecular weight is 376 g/mol.